The van der Waals surface area contributed by atoms with Gasteiger partial charge < -0.3 is 4.74 Å². The Kier molecular flexibility index (Phi) is 15.4. The molecule has 1 atom stereocenters. The maximum absolute atomic E-state index is 11.8. The number of ether oxygens (including phenoxy) is 1. The van der Waals surface area contributed by atoms with Gasteiger partial charge in [0.25, 0.3) is 0 Å². The molecule has 0 spiro atoms. The minimum atomic E-state index is -0.295. The number of carbonyl (C=O) groups is 1. The molecule has 0 aliphatic heterocycles. The van der Waals surface area contributed by atoms with Gasteiger partial charge in [-0.25, -0.2) is 0 Å². The summed E-state index contributed by atoms with van der Waals surface area (Å²) in [7, 11) is 0. The fourth-order valence-electron chi connectivity index (χ4n) is 4.06. The van der Waals surface area contributed by atoms with Crippen molar-refractivity contribution in [1.82, 2.24) is 0 Å². The number of hydrogen-bond donors (Lipinski definition) is 0. The van der Waals surface area contributed by atoms with Gasteiger partial charge in [0, 0.05) is 0 Å². The second-order valence-electron chi connectivity index (χ2n) is 9.23. The molecule has 2 rings (SSSR count). The molecule has 0 radical (unpaired) electrons. The Bertz CT molecular complexity index is 471. The third kappa shape index (κ3) is 9.89. The molecule has 0 amide bonds. The summed E-state index contributed by atoms with van der Waals surface area (Å²) in [5.74, 6) is 3.16. The zero-order valence-corrected chi connectivity index (χ0v) is 19.2. The van der Waals surface area contributed by atoms with Crippen LogP contribution in [0.15, 0.2) is 11.6 Å². The molecule has 28 heavy (non-hydrogen) atoms. The number of hydrogen-bond acceptors (Lipinski definition) is 2. The topological polar surface area (TPSA) is 46.2 Å². The first-order valence-electron chi connectivity index (χ1n) is 10.7. The second kappa shape index (κ2) is 14.8. The van der Waals surface area contributed by atoms with Crippen molar-refractivity contribution in [1.29, 1.82) is 0 Å². The number of halogens is 1. The van der Waals surface area contributed by atoms with Crippen LogP contribution in [-0.4, -0.2) is 12.6 Å². The van der Waals surface area contributed by atoms with Crippen LogP contribution in [0.5, 0.6) is 0 Å². The van der Waals surface area contributed by atoms with Crippen LogP contribution < -0.4 is 0 Å². The molecule has 0 N–H and O–H groups in total. The van der Waals surface area contributed by atoms with Crippen molar-refractivity contribution in [3.05, 3.63) is 18.3 Å². The van der Waals surface area contributed by atoms with Gasteiger partial charge in [-0.15, -0.1) is 0 Å². The van der Waals surface area contributed by atoms with E-state index in [1.165, 1.54) is 44.9 Å². The average molecular weight is 399 g/mol. The van der Waals surface area contributed by atoms with Gasteiger partial charge in [-0.1, -0.05) is 45.3 Å². The van der Waals surface area contributed by atoms with Crippen LogP contribution in [0.25, 0.3) is 0 Å². The van der Waals surface area contributed by atoms with Crippen LogP contribution in [0.4, 0.5) is 4.70 Å². The number of carbonyl (C=O) groups excluding carboxylic acids is 1. The minimum absolute atomic E-state index is 0. The van der Waals surface area contributed by atoms with Crippen molar-refractivity contribution in [2.45, 2.75) is 93.4 Å². The molecule has 0 aromatic rings. The third-order valence-electron chi connectivity index (χ3n) is 6.46. The van der Waals surface area contributed by atoms with E-state index in [0.717, 1.165) is 17.8 Å². The molecule has 164 valence electrons. The molecule has 3 nitrogen and oxygen atoms in total. The normalized spacial score (nSPS) is 24.4. The van der Waals surface area contributed by atoms with Crippen molar-refractivity contribution in [2.24, 2.45) is 29.1 Å². The SMILES string of the molecule is CC1=CCC(C(C)C)CC1.CCOC(=O)C(C)(C)C1CCC(C)CC1.F.[C-]#[O+]. The van der Waals surface area contributed by atoms with E-state index in [1.807, 2.05) is 20.8 Å². The molecular formula is C24H43FO3. The van der Waals surface area contributed by atoms with E-state index < -0.39 is 0 Å². The molecule has 1 saturated carbocycles. The van der Waals surface area contributed by atoms with Gasteiger partial charge in [0.2, 0.25) is 0 Å². The van der Waals surface area contributed by atoms with E-state index in [-0.39, 0.29) is 16.1 Å². The first kappa shape index (κ1) is 29.1. The molecule has 0 aromatic heterocycles. The number of rotatable bonds is 4. The summed E-state index contributed by atoms with van der Waals surface area (Å²) >= 11 is 0. The van der Waals surface area contributed by atoms with Crippen LogP contribution >= 0.6 is 0 Å². The molecule has 4 heteroatoms. The molecule has 2 aliphatic carbocycles. The van der Waals surface area contributed by atoms with E-state index in [1.54, 1.807) is 5.57 Å². The Hall–Kier alpha value is -1.12. The first-order valence-corrected chi connectivity index (χ1v) is 10.7. The van der Waals surface area contributed by atoms with Crippen molar-refractivity contribution in [3.8, 4) is 0 Å². The Morgan fingerprint density at radius 3 is 2.14 bits per heavy atom. The summed E-state index contributed by atoms with van der Waals surface area (Å²) in [5.41, 5.74) is 1.30. The van der Waals surface area contributed by atoms with E-state index >= 15 is 0 Å². The Balaban J connectivity index is 0. The molecule has 0 heterocycles. The summed E-state index contributed by atoms with van der Waals surface area (Å²) in [6, 6.07) is 0. The van der Waals surface area contributed by atoms with Crippen molar-refractivity contribution in [3.63, 3.8) is 0 Å². The average Bonchev–Trinajstić information content (AvgIpc) is 2.65. The Labute approximate surface area is 172 Å². The molecule has 0 saturated heterocycles. The van der Waals surface area contributed by atoms with Crippen LogP contribution in [-0.2, 0) is 14.2 Å². The Morgan fingerprint density at radius 1 is 1.21 bits per heavy atom. The van der Waals surface area contributed by atoms with E-state index in [2.05, 4.69) is 40.4 Å². The predicted molar refractivity (Wildman–Crippen MR) is 114 cm³/mol. The summed E-state index contributed by atoms with van der Waals surface area (Å²) in [5, 5.41) is 0. The van der Waals surface area contributed by atoms with Gasteiger partial charge in [0.15, 0.2) is 0 Å². The molecule has 1 unspecified atom stereocenters. The monoisotopic (exact) mass is 398 g/mol. The third-order valence-corrected chi connectivity index (χ3v) is 6.46. The predicted octanol–water partition coefficient (Wildman–Crippen LogP) is 6.91. The molecule has 1 fully saturated rings. The van der Waals surface area contributed by atoms with Gasteiger partial charge in [-0.2, -0.15) is 0 Å². The van der Waals surface area contributed by atoms with E-state index in [9.17, 15) is 4.79 Å². The fourth-order valence-corrected chi connectivity index (χ4v) is 4.06. The van der Waals surface area contributed by atoms with Crippen molar-refractivity contribution in [2.75, 3.05) is 6.61 Å². The molecule has 2 aliphatic rings. The fraction of sp³-hybridized carbons (Fsp3) is 0.833. The zero-order chi connectivity index (χ0) is 21.0. The molecule has 0 aromatic carbocycles. The second-order valence-corrected chi connectivity index (χ2v) is 9.23. The molecular weight excluding hydrogens is 355 g/mol. The standard InChI is InChI=1S/C13H24O2.C10H18.CO.FH/c1-5-15-12(14)13(3,4)11-8-6-10(2)7-9-11;1-8(2)10-6-4-9(3)5-7-10;1-2;/h10-11H,5-9H2,1-4H3;4,8,10H,5-7H2,1-3H3;;1H. The number of esters is 1. The molecule has 0 bridgehead atoms. The van der Waals surface area contributed by atoms with Crippen molar-refractivity contribution >= 4 is 5.97 Å². The summed E-state index contributed by atoms with van der Waals surface area (Å²) in [6.45, 7) is 20.1. The number of allylic oxidation sites excluding steroid dienone is 2. The van der Waals surface area contributed by atoms with E-state index in [4.69, 9.17) is 9.39 Å². The van der Waals surface area contributed by atoms with E-state index in [0.29, 0.717) is 12.5 Å². The quantitative estimate of drug-likeness (QED) is 0.224. The summed E-state index contributed by atoms with van der Waals surface area (Å²) in [4.78, 5) is 11.8. The van der Waals surface area contributed by atoms with Gasteiger partial charge in [0.05, 0.1) is 12.0 Å². The van der Waals surface area contributed by atoms with Gasteiger partial charge in [-0.05, 0) is 83.5 Å². The Morgan fingerprint density at radius 2 is 1.75 bits per heavy atom. The summed E-state index contributed by atoms with van der Waals surface area (Å²) in [6.07, 6.45) is 11.3. The maximum atomic E-state index is 11.8. The van der Waals surface area contributed by atoms with Crippen LogP contribution in [0.1, 0.15) is 93.4 Å². The zero-order valence-electron chi connectivity index (χ0n) is 19.2. The van der Waals surface area contributed by atoms with Crippen LogP contribution in [0.3, 0.4) is 0 Å². The van der Waals surface area contributed by atoms with Crippen molar-refractivity contribution < 1.29 is 18.9 Å². The van der Waals surface area contributed by atoms with Crippen LogP contribution in [0.2, 0.25) is 0 Å². The van der Waals surface area contributed by atoms with Gasteiger partial charge in [0.1, 0.15) is 0 Å². The van der Waals surface area contributed by atoms with Gasteiger partial charge in [-0.3, -0.25) is 9.50 Å². The van der Waals surface area contributed by atoms with Gasteiger partial charge >= 0.3 is 17.3 Å². The van der Waals surface area contributed by atoms with Crippen LogP contribution in [0, 0.1) is 35.7 Å². The first-order chi connectivity index (χ1) is 12.7. The summed E-state index contributed by atoms with van der Waals surface area (Å²) < 4.78 is 12.6.